The molecule has 0 unspecified atom stereocenters. The molecule has 0 aliphatic heterocycles. The fourth-order valence-electron chi connectivity index (χ4n) is 3.37. The van der Waals surface area contributed by atoms with Crippen LogP contribution in [0.25, 0.3) is 11.6 Å². The Balaban J connectivity index is 1.77. The van der Waals surface area contributed by atoms with E-state index in [1.807, 2.05) is 50.2 Å². The van der Waals surface area contributed by atoms with E-state index in [9.17, 15) is 10.1 Å². The van der Waals surface area contributed by atoms with Crippen molar-refractivity contribution in [1.82, 2.24) is 0 Å². The number of nitrogens with zero attached hydrogens (tertiary/aromatic N) is 1. The molecule has 0 atom stereocenters. The third kappa shape index (κ3) is 5.72. The second kappa shape index (κ2) is 10.9. The Morgan fingerprint density at radius 3 is 2.27 bits per heavy atom. The Labute approximate surface area is 193 Å². The lowest BCUT2D eigenvalue weighted by Crippen LogP contribution is -2.18. The summed E-state index contributed by atoms with van der Waals surface area (Å²) in [6.45, 7) is 3.61. The number of nitriles is 1. The minimum Gasteiger partial charge on any atom is -0.496 e. The van der Waals surface area contributed by atoms with Gasteiger partial charge in [0.2, 0.25) is 0 Å². The molecule has 0 aliphatic rings. The van der Waals surface area contributed by atoms with Gasteiger partial charge in [-0.2, -0.15) is 5.26 Å². The van der Waals surface area contributed by atoms with E-state index in [0.29, 0.717) is 33.9 Å². The number of allylic oxidation sites excluding steroid dienone is 1. The third-order valence-electron chi connectivity index (χ3n) is 4.98. The molecule has 6 heteroatoms. The molecule has 6 nitrogen and oxygen atoms in total. The Morgan fingerprint density at radius 2 is 1.61 bits per heavy atom. The first-order chi connectivity index (χ1) is 16.0. The maximum absolute atomic E-state index is 12.4. The third-order valence-corrected chi connectivity index (χ3v) is 4.98. The highest BCUT2D eigenvalue weighted by Crippen LogP contribution is 2.32. The highest BCUT2D eigenvalue weighted by atomic mass is 16.6. The first-order valence-electron chi connectivity index (χ1n) is 10.3. The Morgan fingerprint density at radius 1 is 0.909 bits per heavy atom. The molecule has 168 valence electrons. The standard InChI is InChI=1S/C27H25NO5/c1-18-8-7-9-19(2)27(18)32-17-26(29)33-24-13-12-20(15-25(24)31-4)14-21(16-28)22-10-5-6-11-23(22)30-3/h5-15H,17H2,1-4H3/b21-14-. The zero-order chi connectivity index (χ0) is 23.8. The highest BCUT2D eigenvalue weighted by molar-refractivity contribution is 5.92. The molecule has 0 spiro atoms. The molecule has 0 amide bonds. The zero-order valence-corrected chi connectivity index (χ0v) is 19.0. The van der Waals surface area contributed by atoms with Crippen LogP contribution in [0.4, 0.5) is 0 Å². The first-order valence-corrected chi connectivity index (χ1v) is 10.3. The van der Waals surface area contributed by atoms with E-state index in [2.05, 4.69) is 6.07 Å². The van der Waals surface area contributed by atoms with Crippen molar-refractivity contribution in [3.05, 3.63) is 82.9 Å². The smallest absolute Gasteiger partial charge is 0.349 e. The lowest BCUT2D eigenvalue weighted by Gasteiger charge is -2.13. The average Bonchev–Trinajstić information content (AvgIpc) is 2.83. The number of para-hydroxylation sites is 2. The quantitative estimate of drug-likeness (QED) is 0.202. The van der Waals surface area contributed by atoms with Crippen molar-refractivity contribution in [3.8, 4) is 29.1 Å². The molecule has 0 radical (unpaired) electrons. The SMILES string of the molecule is COc1cc(/C=C(/C#N)c2ccccc2OC)ccc1OC(=O)COc1c(C)cccc1C. The first kappa shape index (κ1) is 23.4. The van der Waals surface area contributed by atoms with E-state index in [4.69, 9.17) is 18.9 Å². The zero-order valence-electron chi connectivity index (χ0n) is 19.0. The summed E-state index contributed by atoms with van der Waals surface area (Å²) < 4.78 is 21.9. The largest absolute Gasteiger partial charge is 0.496 e. The average molecular weight is 443 g/mol. The molecule has 0 N–H and O–H groups in total. The van der Waals surface area contributed by atoms with Crippen LogP contribution in [0.15, 0.2) is 60.7 Å². The maximum atomic E-state index is 12.4. The maximum Gasteiger partial charge on any atom is 0.349 e. The molecular formula is C27H25NO5. The van der Waals surface area contributed by atoms with Gasteiger partial charge in [0.1, 0.15) is 11.5 Å². The predicted octanol–water partition coefficient (Wildman–Crippen LogP) is 5.37. The van der Waals surface area contributed by atoms with Crippen LogP contribution in [0.2, 0.25) is 0 Å². The van der Waals surface area contributed by atoms with Crippen LogP contribution in [0.3, 0.4) is 0 Å². The van der Waals surface area contributed by atoms with Gasteiger partial charge >= 0.3 is 5.97 Å². The number of hydrogen-bond acceptors (Lipinski definition) is 6. The number of benzene rings is 3. The van der Waals surface area contributed by atoms with Gasteiger partial charge < -0.3 is 18.9 Å². The summed E-state index contributed by atoms with van der Waals surface area (Å²) in [5.41, 5.74) is 3.71. The van der Waals surface area contributed by atoms with E-state index in [0.717, 1.165) is 11.1 Å². The minimum atomic E-state index is -0.550. The lowest BCUT2D eigenvalue weighted by atomic mass is 10.0. The summed E-state index contributed by atoms with van der Waals surface area (Å²) in [7, 11) is 3.04. The molecule has 33 heavy (non-hydrogen) atoms. The molecule has 0 heterocycles. The van der Waals surface area contributed by atoms with Gasteiger partial charge in [-0.25, -0.2) is 4.79 Å². The fraction of sp³-hybridized carbons (Fsp3) is 0.185. The van der Waals surface area contributed by atoms with Gasteiger partial charge in [-0.05, 0) is 60.9 Å². The predicted molar refractivity (Wildman–Crippen MR) is 127 cm³/mol. The van der Waals surface area contributed by atoms with E-state index in [1.165, 1.54) is 7.11 Å². The normalized spacial score (nSPS) is 10.8. The Kier molecular flexibility index (Phi) is 7.72. The van der Waals surface area contributed by atoms with E-state index >= 15 is 0 Å². The van der Waals surface area contributed by atoms with Crippen LogP contribution >= 0.6 is 0 Å². The number of carbonyl (C=O) groups is 1. The lowest BCUT2D eigenvalue weighted by molar-refractivity contribution is -0.136. The van der Waals surface area contributed by atoms with Gasteiger partial charge in [0, 0.05) is 5.56 Å². The van der Waals surface area contributed by atoms with Gasteiger partial charge in [-0.15, -0.1) is 0 Å². The highest BCUT2D eigenvalue weighted by Gasteiger charge is 2.14. The van der Waals surface area contributed by atoms with Gasteiger partial charge in [0.25, 0.3) is 0 Å². The Hall–Kier alpha value is -4.24. The Bertz CT molecular complexity index is 1200. The summed E-state index contributed by atoms with van der Waals surface area (Å²) in [6.07, 6.45) is 1.72. The molecule has 0 saturated heterocycles. The van der Waals surface area contributed by atoms with E-state index < -0.39 is 5.97 Å². The molecule has 0 aromatic heterocycles. The summed E-state index contributed by atoms with van der Waals surface area (Å²) >= 11 is 0. The van der Waals surface area contributed by atoms with Crippen molar-refractivity contribution >= 4 is 17.6 Å². The fourth-order valence-corrected chi connectivity index (χ4v) is 3.37. The second-order valence-corrected chi connectivity index (χ2v) is 7.26. The van der Waals surface area contributed by atoms with Crippen molar-refractivity contribution in [2.24, 2.45) is 0 Å². The molecule has 0 bridgehead atoms. The van der Waals surface area contributed by atoms with Crippen molar-refractivity contribution in [2.75, 3.05) is 20.8 Å². The van der Waals surface area contributed by atoms with Crippen molar-refractivity contribution < 1.29 is 23.7 Å². The van der Waals surface area contributed by atoms with Gasteiger partial charge in [-0.1, -0.05) is 36.4 Å². The molecule has 0 fully saturated rings. The number of aryl methyl sites for hydroxylation is 2. The van der Waals surface area contributed by atoms with Crippen LogP contribution in [0, 0.1) is 25.2 Å². The van der Waals surface area contributed by atoms with Crippen LogP contribution < -0.4 is 18.9 Å². The van der Waals surface area contributed by atoms with Crippen LogP contribution in [-0.2, 0) is 4.79 Å². The molecule has 3 rings (SSSR count). The van der Waals surface area contributed by atoms with Crippen molar-refractivity contribution in [1.29, 1.82) is 5.26 Å². The summed E-state index contributed by atoms with van der Waals surface area (Å²) in [6, 6.07) is 20.3. The van der Waals surface area contributed by atoms with Gasteiger partial charge in [0.05, 0.1) is 25.9 Å². The number of methoxy groups -OCH3 is 2. The van der Waals surface area contributed by atoms with E-state index in [1.54, 1.807) is 37.5 Å². The van der Waals surface area contributed by atoms with Crippen molar-refractivity contribution in [3.63, 3.8) is 0 Å². The molecule has 3 aromatic carbocycles. The van der Waals surface area contributed by atoms with Gasteiger partial charge in [-0.3, -0.25) is 0 Å². The van der Waals surface area contributed by atoms with Gasteiger partial charge in [0.15, 0.2) is 18.1 Å². The number of rotatable bonds is 8. The van der Waals surface area contributed by atoms with Crippen LogP contribution in [-0.4, -0.2) is 26.8 Å². The molecule has 3 aromatic rings. The molecular weight excluding hydrogens is 418 g/mol. The topological polar surface area (TPSA) is 77.8 Å². The summed E-state index contributed by atoms with van der Waals surface area (Å²) in [5, 5.41) is 9.66. The molecule has 0 aliphatic carbocycles. The van der Waals surface area contributed by atoms with Crippen LogP contribution in [0.5, 0.6) is 23.0 Å². The van der Waals surface area contributed by atoms with E-state index in [-0.39, 0.29) is 12.4 Å². The minimum absolute atomic E-state index is 0.233. The van der Waals surface area contributed by atoms with Crippen molar-refractivity contribution in [2.45, 2.75) is 13.8 Å². The number of esters is 1. The monoisotopic (exact) mass is 443 g/mol. The summed E-state index contributed by atoms with van der Waals surface area (Å²) in [4.78, 5) is 12.4. The van der Waals surface area contributed by atoms with Crippen LogP contribution in [0.1, 0.15) is 22.3 Å². The number of ether oxygens (including phenoxy) is 4. The molecule has 0 saturated carbocycles. The number of carbonyl (C=O) groups excluding carboxylic acids is 1. The second-order valence-electron chi connectivity index (χ2n) is 7.26. The number of hydrogen-bond donors (Lipinski definition) is 0. The summed E-state index contributed by atoms with van der Waals surface area (Å²) in [5.74, 6) is 1.35.